The van der Waals surface area contributed by atoms with E-state index < -0.39 is 0 Å². The molecule has 2 fully saturated rings. The van der Waals surface area contributed by atoms with Crippen molar-refractivity contribution in [1.29, 1.82) is 0 Å². The molecule has 2 aliphatic rings. The monoisotopic (exact) mass is 268 g/mol. The predicted octanol–water partition coefficient (Wildman–Crippen LogP) is 1.79. The van der Waals surface area contributed by atoms with Gasteiger partial charge in [-0.25, -0.2) is 0 Å². The van der Waals surface area contributed by atoms with Crippen LogP contribution in [0.4, 0.5) is 0 Å². The van der Waals surface area contributed by atoms with Gasteiger partial charge in [0, 0.05) is 26.2 Å². The Labute approximate surface area is 116 Å². The SMILES string of the molecule is CNC(=O)CN(CC1CCCO1)C1CCC(C)CC1. The van der Waals surface area contributed by atoms with E-state index in [1.165, 1.54) is 32.1 Å². The lowest BCUT2D eigenvalue weighted by Crippen LogP contribution is -2.46. The summed E-state index contributed by atoms with van der Waals surface area (Å²) in [5.74, 6) is 0.970. The lowest BCUT2D eigenvalue weighted by atomic mass is 9.86. The number of amides is 1. The Kier molecular flexibility index (Phi) is 5.64. The summed E-state index contributed by atoms with van der Waals surface area (Å²) >= 11 is 0. The number of hydrogen-bond donors (Lipinski definition) is 1. The van der Waals surface area contributed by atoms with E-state index in [2.05, 4.69) is 17.1 Å². The zero-order valence-electron chi connectivity index (χ0n) is 12.4. The topological polar surface area (TPSA) is 41.6 Å². The van der Waals surface area contributed by atoms with Gasteiger partial charge in [-0.3, -0.25) is 9.69 Å². The number of carbonyl (C=O) groups is 1. The van der Waals surface area contributed by atoms with Crippen molar-refractivity contribution in [2.24, 2.45) is 5.92 Å². The Morgan fingerprint density at radius 2 is 2.00 bits per heavy atom. The van der Waals surface area contributed by atoms with Gasteiger partial charge in [-0.05, 0) is 44.4 Å². The lowest BCUT2D eigenvalue weighted by molar-refractivity contribution is -0.123. The average molecular weight is 268 g/mol. The van der Waals surface area contributed by atoms with E-state index in [-0.39, 0.29) is 5.91 Å². The third-order valence-electron chi connectivity index (χ3n) is 4.59. The van der Waals surface area contributed by atoms with Crippen LogP contribution in [0.2, 0.25) is 0 Å². The fourth-order valence-electron chi connectivity index (χ4n) is 3.26. The minimum absolute atomic E-state index is 0.122. The first kappa shape index (κ1) is 14.8. The van der Waals surface area contributed by atoms with Gasteiger partial charge in [-0.15, -0.1) is 0 Å². The molecule has 0 radical (unpaired) electrons. The molecule has 0 aromatic rings. The van der Waals surface area contributed by atoms with Crippen molar-refractivity contribution in [1.82, 2.24) is 10.2 Å². The largest absolute Gasteiger partial charge is 0.377 e. The fraction of sp³-hybridized carbons (Fsp3) is 0.933. The maximum Gasteiger partial charge on any atom is 0.233 e. The third kappa shape index (κ3) is 4.46. The number of carbonyl (C=O) groups excluding carboxylic acids is 1. The quantitative estimate of drug-likeness (QED) is 0.826. The predicted molar refractivity (Wildman–Crippen MR) is 76.0 cm³/mol. The Bertz CT molecular complexity index is 282. The summed E-state index contributed by atoms with van der Waals surface area (Å²) in [5.41, 5.74) is 0. The molecule has 1 atom stereocenters. The molecular formula is C15H28N2O2. The molecule has 0 aromatic heterocycles. The van der Waals surface area contributed by atoms with Crippen LogP contribution in [0.15, 0.2) is 0 Å². The van der Waals surface area contributed by atoms with Gasteiger partial charge in [0.25, 0.3) is 0 Å². The number of rotatable bonds is 5. The first-order valence-corrected chi connectivity index (χ1v) is 7.75. The summed E-state index contributed by atoms with van der Waals surface area (Å²) in [5, 5.41) is 2.75. The molecule has 19 heavy (non-hydrogen) atoms. The van der Waals surface area contributed by atoms with Crippen LogP contribution in [0.1, 0.15) is 45.4 Å². The normalized spacial score (nSPS) is 31.6. The Morgan fingerprint density at radius 1 is 1.26 bits per heavy atom. The summed E-state index contributed by atoms with van der Waals surface area (Å²) in [6.07, 6.45) is 7.69. The number of ether oxygens (including phenoxy) is 1. The second-order valence-corrected chi connectivity index (χ2v) is 6.15. The summed E-state index contributed by atoms with van der Waals surface area (Å²) < 4.78 is 5.74. The minimum atomic E-state index is 0.122. The smallest absolute Gasteiger partial charge is 0.233 e. The standard InChI is InChI=1S/C15H28N2O2/c1-12-5-7-13(8-6-12)17(11-15(18)16-2)10-14-4-3-9-19-14/h12-14H,3-11H2,1-2H3,(H,16,18). The van der Waals surface area contributed by atoms with Gasteiger partial charge < -0.3 is 10.1 Å². The third-order valence-corrected chi connectivity index (χ3v) is 4.59. The molecular weight excluding hydrogens is 240 g/mol. The molecule has 1 saturated heterocycles. The molecule has 0 aromatic carbocycles. The highest BCUT2D eigenvalue weighted by atomic mass is 16.5. The average Bonchev–Trinajstić information content (AvgIpc) is 2.91. The van der Waals surface area contributed by atoms with Crippen LogP contribution in [-0.4, -0.2) is 49.7 Å². The van der Waals surface area contributed by atoms with Gasteiger partial charge in [0.1, 0.15) is 0 Å². The molecule has 1 heterocycles. The van der Waals surface area contributed by atoms with E-state index in [4.69, 9.17) is 4.74 Å². The minimum Gasteiger partial charge on any atom is -0.377 e. The molecule has 1 saturated carbocycles. The van der Waals surface area contributed by atoms with Crippen LogP contribution in [0.3, 0.4) is 0 Å². The number of likely N-dealkylation sites (N-methyl/N-ethyl adjacent to an activating group) is 1. The number of nitrogens with zero attached hydrogens (tertiary/aromatic N) is 1. The number of hydrogen-bond acceptors (Lipinski definition) is 3. The summed E-state index contributed by atoms with van der Waals surface area (Å²) in [6.45, 7) is 4.67. The molecule has 1 aliphatic heterocycles. The molecule has 0 bridgehead atoms. The highest BCUT2D eigenvalue weighted by molar-refractivity contribution is 5.77. The molecule has 1 N–H and O–H groups in total. The van der Waals surface area contributed by atoms with Gasteiger partial charge in [-0.2, -0.15) is 0 Å². The van der Waals surface area contributed by atoms with E-state index in [0.717, 1.165) is 25.5 Å². The Hall–Kier alpha value is -0.610. The molecule has 4 nitrogen and oxygen atoms in total. The Morgan fingerprint density at radius 3 is 2.58 bits per heavy atom. The molecule has 110 valence electrons. The van der Waals surface area contributed by atoms with Crippen molar-refractivity contribution in [3.8, 4) is 0 Å². The zero-order valence-corrected chi connectivity index (χ0v) is 12.4. The molecule has 0 spiro atoms. The van der Waals surface area contributed by atoms with E-state index in [9.17, 15) is 4.79 Å². The van der Waals surface area contributed by atoms with Gasteiger partial charge in [0.15, 0.2) is 0 Å². The lowest BCUT2D eigenvalue weighted by Gasteiger charge is -2.36. The van der Waals surface area contributed by atoms with Crippen molar-refractivity contribution in [2.75, 3.05) is 26.7 Å². The highest BCUT2D eigenvalue weighted by Gasteiger charge is 2.28. The summed E-state index contributed by atoms with van der Waals surface area (Å²) in [6, 6.07) is 0.567. The van der Waals surface area contributed by atoms with Crippen LogP contribution in [0, 0.1) is 5.92 Å². The van der Waals surface area contributed by atoms with Gasteiger partial charge in [0.05, 0.1) is 12.6 Å². The first-order chi connectivity index (χ1) is 9.19. The van der Waals surface area contributed by atoms with Gasteiger partial charge >= 0.3 is 0 Å². The van der Waals surface area contributed by atoms with Crippen molar-refractivity contribution >= 4 is 5.91 Å². The summed E-state index contributed by atoms with van der Waals surface area (Å²) in [7, 11) is 1.72. The van der Waals surface area contributed by atoms with E-state index >= 15 is 0 Å². The maximum atomic E-state index is 11.7. The number of nitrogens with one attached hydrogen (secondary N) is 1. The molecule has 1 aliphatic carbocycles. The van der Waals surface area contributed by atoms with E-state index in [1.807, 2.05) is 0 Å². The van der Waals surface area contributed by atoms with Crippen molar-refractivity contribution in [3.63, 3.8) is 0 Å². The fourth-order valence-corrected chi connectivity index (χ4v) is 3.26. The van der Waals surface area contributed by atoms with Gasteiger partial charge in [0.2, 0.25) is 5.91 Å². The van der Waals surface area contributed by atoms with Crippen LogP contribution in [-0.2, 0) is 9.53 Å². The van der Waals surface area contributed by atoms with Gasteiger partial charge in [-0.1, -0.05) is 6.92 Å². The summed E-state index contributed by atoms with van der Waals surface area (Å²) in [4.78, 5) is 14.1. The maximum absolute atomic E-state index is 11.7. The van der Waals surface area contributed by atoms with Crippen molar-refractivity contribution in [3.05, 3.63) is 0 Å². The van der Waals surface area contributed by atoms with E-state index in [1.54, 1.807) is 7.05 Å². The van der Waals surface area contributed by atoms with E-state index in [0.29, 0.717) is 18.7 Å². The van der Waals surface area contributed by atoms with Crippen LogP contribution < -0.4 is 5.32 Å². The van der Waals surface area contributed by atoms with Crippen LogP contribution in [0.5, 0.6) is 0 Å². The molecule has 2 rings (SSSR count). The van der Waals surface area contributed by atoms with Crippen molar-refractivity contribution < 1.29 is 9.53 Å². The van der Waals surface area contributed by atoms with Crippen LogP contribution in [0.25, 0.3) is 0 Å². The molecule has 1 unspecified atom stereocenters. The second kappa shape index (κ2) is 7.25. The Balaban J connectivity index is 1.90. The molecule has 1 amide bonds. The van der Waals surface area contributed by atoms with Crippen molar-refractivity contribution in [2.45, 2.75) is 57.6 Å². The molecule has 4 heteroatoms. The highest BCUT2D eigenvalue weighted by Crippen LogP contribution is 2.28. The second-order valence-electron chi connectivity index (χ2n) is 6.15. The zero-order chi connectivity index (χ0) is 13.7. The van der Waals surface area contributed by atoms with Crippen LogP contribution >= 0.6 is 0 Å². The first-order valence-electron chi connectivity index (χ1n) is 7.75.